The molecule has 0 saturated heterocycles. The normalized spacial score (nSPS) is 11.7. The molecule has 0 radical (unpaired) electrons. The maximum atomic E-state index is 8.76. The van der Waals surface area contributed by atoms with Crippen molar-refractivity contribution in [2.45, 2.75) is 16.2 Å². The molecule has 0 fully saturated rings. The van der Waals surface area contributed by atoms with Crippen molar-refractivity contribution in [1.82, 2.24) is 10.2 Å². The summed E-state index contributed by atoms with van der Waals surface area (Å²) in [5, 5.41) is 19.5. The van der Waals surface area contributed by atoms with E-state index < -0.39 is 0 Å². The minimum absolute atomic E-state index is 0.0979. The van der Waals surface area contributed by atoms with E-state index in [4.69, 9.17) is 10.9 Å². The van der Waals surface area contributed by atoms with Gasteiger partial charge >= 0.3 is 0 Å². The van der Waals surface area contributed by atoms with Gasteiger partial charge < -0.3 is 10.9 Å². The van der Waals surface area contributed by atoms with E-state index in [0.717, 1.165) is 14.8 Å². The van der Waals surface area contributed by atoms with E-state index >= 15 is 0 Å². The zero-order valence-corrected chi connectivity index (χ0v) is 10.6. The minimum atomic E-state index is 0.0979. The largest absolute Gasteiger partial charge is 0.409 e. The van der Waals surface area contributed by atoms with Crippen molar-refractivity contribution < 1.29 is 5.21 Å². The van der Waals surface area contributed by atoms with Gasteiger partial charge in [-0.25, -0.2) is 0 Å². The van der Waals surface area contributed by atoms with Gasteiger partial charge in [-0.05, 0) is 19.1 Å². The lowest BCUT2D eigenvalue weighted by Gasteiger charge is -2.07. The van der Waals surface area contributed by atoms with E-state index in [1.807, 2.05) is 25.1 Å². The Morgan fingerprint density at radius 3 is 3.00 bits per heavy atom. The molecule has 2 rings (SSSR count). The lowest BCUT2D eigenvalue weighted by atomic mass is 10.1. The van der Waals surface area contributed by atoms with Crippen molar-refractivity contribution in [3.05, 3.63) is 34.8 Å². The molecule has 0 aliphatic carbocycles. The van der Waals surface area contributed by atoms with Crippen LogP contribution in [-0.4, -0.2) is 21.2 Å². The monoisotopic (exact) mass is 266 g/mol. The molecule has 1 heterocycles. The van der Waals surface area contributed by atoms with Crippen LogP contribution in [0.15, 0.2) is 38.1 Å². The molecular weight excluding hydrogens is 256 g/mol. The predicted molar refractivity (Wildman–Crippen MR) is 67.7 cm³/mol. The second kappa shape index (κ2) is 5.15. The molecule has 5 nitrogen and oxygen atoms in total. The Balaban J connectivity index is 2.39. The molecule has 2 aromatic rings. The van der Waals surface area contributed by atoms with Gasteiger partial charge in [-0.1, -0.05) is 39.9 Å². The highest BCUT2D eigenvalue weighted by Crippen LogP contribution is 2.31. The molecule has 88 valence electrons. The summed E-state index contributed by atoms with van der Waals surface area (Å²) in [6.07, 6.45) is 0. The van der Waals surface area contributed by atoms with Crippen molar-refractivity contribution in [1.29, 1.82) is 0 Å². The Kier molecular flexibility index (Phi) is 3.60. The van der Waals surface area contributed by atoms with Crippen molar-refractivity contribution >= 4 is 28.9 Å². The molecule has 1 aromatic heterocycles. The van der Waals surface area contributed by atoms with Gasteiger partial charge in [-0.15, -0.1) is 10.2 Å². The Hall–Kier alpha value is -1.60. The number of hydrogen-bond acceptors (Lipinski definition) is 6. The summed E-state index contributed by atoms with van der Waals surface area (Å²) in [5.41, 5.74) is 9.06. The number of nitrogens with zero attached hydrogens (tertiary/aromatic N) is 3. The summed E-state index contributed by atoms with van der Waals surface area (Å²) in [6.45, 7) is 1.95. The third-order valence-electron chi connectivity index (χ3n) is 2.06. The van der Waals surface area contributed by atoms with E-state index in [2.05, 4.69) is 15.4 Å². The Morgan fingerprint density at radius 2 is 2.35 bits per heavy atom. The number of aryl methyl sites for hydroxylation is 1. The number of aromatic nitrogens is 2. The topological polar surface area (TPSA) is 84.4 Å². The molecule has 17 heavy (non-hydrogen) atoms. The van der Waals surface area contributed by atoms with E-state index in [1.54, 1.807) is 5.51 Å². The van der Waals surface area contributed by atoms with E-state index in [1.165, 1.54) is 23.1 Å². The second-order valence-corrected chi connectivity index (χ2v) is 5.41. The summed E-state index contributed by atoms with van der Waals surface area (Å²) in [7, 11) is 0. The van der Waals surface area contributed by atoms with Crippen LogP contribution < -0.4 is 5.73 Å². The van der Waals surface area contributed by atoms with Gasteiger partial charge in [0.1, 0.15) is 5.51 Å². The van der Waals surface area contributed by atoms with Gasteiger partial charge in [-0.3, -0.25) is 0 Å². The van der Waals surface area contributed by atoms with Gasteiger partial charge in [-0.2, -0.15) is 0 Å². The summed E-state index contributed by atoms with van der Waals surface area (Å²) in [4.78, 5) is 0.891. The van der Waals surface area contributed by atoms with Crippen molar-refractivity contribution in [3.63, 3.8) is 0 Å². The van der Waals surface area contributed by atoms with Gasteiger partial charge in [0.15, 0.2) is 10.2 Å². The van der Waals surface area contributed by atoms with Crippen LogP contribution >= 0.6 is 23.1 Å². The van der Waals surface area contributed by atoms with Gasteiger partial charge in [0.2, 0.25) is 0 Å². The number of hydrogen-bond donors (Lipinski definition) is 2. The van der Waals surface area contributed by atoms with Crippen LogP contribution in [-0.2, 0) is 0 Å². The maximum Gasteiger partial charge on any atom is 0.178 e. The number of nitrogens with two attached hydrogens (primary N) is 1. The van der Waals surface area contributed by atoms with Crippen molar-refractivity contribution in [3.8, 4) is 0 Å². The van der Waals surface area contributed by atoms with Crippen LogP contribution in [0.4, 0.5) is 0 Å². The Labute approximate surface area is 106 Å². The summed E-state index contributed by atoms with van der Waals surface area (Å²) in [5.74, 6) is 0.0979. The predicted octanol–water partition coefficient (Wildman–Crippen LogP) is 2.09. The van der Waals surface area contributed by atoms with Gasteiger partial charge in [0.25, 0.3) is 0 Å². The van der Waals surface area contributed by atoms with Crippen LogP contribution in [0.3, 0.4) is 0 Å². The first-order valence-electron chi connectivity index (χ1n) is 4.73. The lowest BCUT2D eigenvalue weighted by Crippen LogP contribution is -2.14. The zero-order valence-electron chi connectivity index (χ0n) is 8.99. The van der Waals surface area contributed by atoms with E-state index in [9.17, 15) is 0 Å². The van der Waals surface area contributed by atoms with Crippen molar-refractivity contribution in [2.24, 2.45) is 10.9 Å². The fourth-order valence-electron chi connectivity index (χ4n) is 1.29. The molecule has 3 N–H and O–H groups in total. The van der Waals surface area contributed by atoms with E-state index in [-0.39, 0.29) is 5.84 Å². The molecule has 0 saturated carbocycles. The quantitative estimate of drug-likeness (QED) is 0.384. The van der Waals surface area contributed by atoms with Crippen molar-refractivity contribution in [2.75, 3.05) is 0 Å². The van der Waals surface area contributed by atoms with Gasteiger partial charge in [0, 0.05) is 10.5 Å². The minimum Gasteiger partial charge on any atom is -0.409 e. The summed E-state index contributed by atoms with van der Waals surface area (Å²) < 4.78 is 0.820. The molecule has 7 heteroatoms. The molecule has 0 amide bonds. The third kappa shape index (κ3) is 2.75. The summed E-state index contributed by atoms with van der Waals surface area (Å²) >= 11 is 2.89. The average molecular weight is 266 g/mol. The standard InChI is InChI=1S/C10H10N4OS2/c1-6-2-3-8(7(4-6)9(11)14-15)17-10-13-12-5-16-10/h2-5,15H,1H3,(H2,11,14). The molecule has 0 aliphatic rings. The Bertz CT molecular complexity index is 539. The lowest BCUT2D eigenvalue weighted by molar-refractivity contribution is 0.318. The highest BCUT2D eigenvalue weighted by atomic mass is 32.2. The zero-order chi connectivity index (χ0) is 12.3. The molecule has 0 atom stereocenters. The number of rotatable bonds is 3. The summed E-state index contributed by atoms with van der Waals surface area (Å²) in [6, 6.07) is 5.77. The molecule has 1 aromatic carbocycles. The number of benzene rings is 1. The van der Waals surface area contributed by atoms with Crippen LogP contribution in [0.1, 0.15) is 11.1 Å². The second-order valence-electron chi connectivity index (χ2n) is 3.29. The van der Waals surface area contributed by atoms with Crippen LogP contribution in [0.25, 0.3) is 0 Å². The average Bonchev–Trinajstić information content (AvgIpc) is 2.83. The fourth-order valence-corrected chi connectivity index (χ4v) is 2.84. The maximum absolute atomic E-state index is 8.76. The van der Waals surface area contributed by atoms with E-state index in [0.29, 0.717) is 5.56 Å². The first-order chi connectivity index (χ1) is 8.20. The molecule has 0 bridgehead atoms. The molecule has 0 unspecified atom stereocenters. The van der Waals surface area contributed by atoms with Crippen LogP contribution in [0, 0.1) is 6.92 Å². The highest BCUT2D eigenvalue weighted by molar-refractivity contribution is 8.01. The van der Waals surface area contributed by atoms with Crippen LogP contribution in [0.2, 0.25) is 0 Å². The fraction of sp³-hybridized carbons (Fsp3) is 0.100. The number of oxime groups is 1. The number of amidine groups is 1. The van der Waals surface area contributed by atoms with Crippen LogP contribution in [0.5, 0.6) is 0 Å². The first kappa shape index (κ1) is 11.9. The molecular formula is C10H10N4OS2. The first-order valence-corrected chi connectivity index (χ1v) is 6.43. The van der Waals surface area contributed by atoms with Gasteiger partial charge in [0.05, 0.1) is 0 Å². The third-order valence-corrected chi connectivity index (χ3v) is 3.91. The molecule has 0 spiro atoms. The molecule has 0 aliphatic heterocycles. The SMILES string of the molecule is Cc1ccc(Sc2nncs2)c(/C(N)=N/O)c1. The smallest absolute Gasteiger partial charge is 0.178 e. The Morgan fingerprint density at radius 1 is 1.53 bits per heavy atom. The highest BCUT2D eigenvalue weighted by Gasteiger charge is 2.10.